The Hall–Kier alpha value is -0.890. The lowest BCUT2D eigenvalue weighted by molar-refractivity contribution is -0.303. The molecule has 11 nitrogen and oxygen atoms in total. The maximum Gasteiger partial charge on any atom is 0.220 e. The van der Waals surface area contributed by atoms with Gasteiger partial charge < -0.3 is 50.3 Å². The van der Waals surface area contributed by atoms with Gasteiger partial charge in [-0.1, -0.05) is 220 Å². The molecule has 0 unspecified atom stereocenters. The molecule has 65 heavy (non-hydrogen) atoms. The lowest BCUT2D eigenvalue weighted by atomic mass is 9.98. The van der Waals surface area contributed by atoms with Crippen LogP contribution in [0.4, 0.5) is 0 Å². The van der Waals surface area contributed by atoms with E-state index in [9.17, 15) is 35.4 Å². The van der Waals surface area contributed by atoms with E-state index in [1.807, 2.05) is 0 Å². The van der Waals surface area contributed by atoms with Crippen LogP contribution in [-0.4, -0.2) is 123 Å². The Balaban J connectivity index is 2.46. The van der Waals surface area contributed by atoms with Gasteiger partial charge in [0.1, 0.15) is 30.5 Å². The average Bonchev–Trinajstić information content (AvgIpc) is 3.30. The fourth-order valence-electron chi connectivity index (χ4n) is 9.32. The van der Waals surface area contributed by atoms with Crippen molar-refractivity contribution in [3.8, 4) is 0 Å². The second kappa shape index (κ2) is 44.3. The summed E-state index contributed by atoms with van der Waals surface area (Å²) < 4.78 is 11.2. The predicted molar refractivity (Wildman–Crippen MR) is 268 cm³/mol. The fourth-order valence-corrected chi connectivity index (χ4v) is 9.32. The highest BCUT2D eigenvalue weighted by Gasteiger charge is 2.44. The summed E-state index contributed by atoms with van der Waals surface area (Å²) in [6.07, 6.45) is 34.7. The van der Waals surface area contributed by atoms with Crippen LogP contribution in [0.3, 0.4) is 0 Å². The second-order valence-electron chi connectivity index (χ2n) is 20.0. The molecule has 0 spiro atoms. The highest BCUT2D eigenvalue weighted by atomic mass is 16.7. The Morgan fingerprint density at radius 3 is 1.29 bits per heavy atom. The monoisotopic (exact) mass is 929 g/mol. The van der Waals surface area contributed by atoms with Crippen molar-refractivity contribution in [1.82, 2.24) is 10.2 Å². The third kappa shape index (κ3) is 33.3. The van der Waals surface area contributed by atoms with Gasteiger partial charge in [-0.05, 0) is 51.7 Å². The normalized spacial score (nSPS) is 20.4. The number of unbranched alkanes of at least 4 members (excludes halogenated alkanes) is 31. The van der Waals surface area contributed by atoms with Gasteiger partial charge in [0, 0.05) is 6.42 Å². The molecule has 0 aromatic heterocycles. The van der Waals surface area contributed by atoms with Crippen molar-refractivity contribution in [1.29, 1.82) is 0 Å². The molecule has 8 atom stereocenters. The molecule has 0 aromatic carbocycles. The van der Waals surface area contributed by atoms with E-state index >= 15 is 0 Å². The number of hydrogen-bond acceptors (Lipinski definition) is 10. The first-order valence-corrected chi connectivity index (χ1v) is 28.0. The van der Waals surface area contributed by atoms with Crippen molar-refractivity contribution in [3.05, 3.63) is 0 Å². The molecular formula is C54H108N2O9. The van der Waals surface area contributed by atoms with E-state index in [0.717, 1.165) is 51.4 Å². The summed E-state index contributed by atoms with van der Waals surface area (Å²) in [6.45, 7) is 9.64. The summed E-state index contributed by atoms with van der Waals surface area (Å²) in [5, 5.41) is 65.6. The maximum atomic E-state index is 13.2. The van der Waals surface area contributed by atoms with Gasteiger partial charge in [-0.3, -0.25) is 4.79 Å². The van der Waals surface area contributed by atoms with E-state index in [4.69, 9.17) is 9.47 Å². The van der Waals surface area contributed by atoms with Crippen LogP contribution in [0.5, 0.6) is 0 Å². The van der Waals surface area contributed by atoms with Gasteiger partial charge in [-0.2, -0.15) is 0 Å². The van der Waals surface area contributed by atoms with Crippen LogP contribution in [0, 0.1) is 0 Å². The van der Waals surface area contributed by atoms with Crippen molar-refractivity contribution in [2.45, 2.75) is 307 Å². The van der Waals surface area contributed by atoms with Gasteiger partial charge in [0.05, 0.1) is 25.4 Å². The molecule has 1 saturated heterocycles. The number of carbonyl (C=O) groups excluding carboxylic acids is 1. The van der Waals surface area contributed by atoms with Crippen molar-refractivity contribution in [3.63, 3.8) is 0 Å². The first kappa shape index (κ1) is 62.1. The third-order valence-corrected chi connectivity index (χ3v) is 13.8. The molecule has 0 saturated carbocycles. The third-order valence-electron chi connectivity index (χ3n) is 13.8. The molecular weight excluding hydrogens is 821 g/mol. The van der Waals surface area contributed by atoms with E-state index in [1.54, 1.807) is 0 Å². The van der Waals surface area contributed by atoms with Gasteiger partial charge in [0.2, 0.25) is 5.91 Å². The zero-order chi connectivity index (χ0) is 47.6. The summed E-state index contributed by atoms with van der Waals surface area (Å²) in [4.78, 5) is 15.9. The Bertz CT molecular complexity index is 1010. The minimum absolute atomic E-state index is 0.253. The summed E-state index contributed by atoms with van der Waals surface area (Å²) in [7, 11) is 0. The SMILES string of the molecule is CCCCCCCCCCCCCCC[C@@H](O)[C@@H](O)[C@H](CO[C@H]1O[C@H](CO)[C@H](O)[C@H](O)[C@H]1O)NC(=O)CCCCCCCCCCN(CCCCCCCCC)CCCCCCCCC. The quantitative estimate of drug-likeness (QED) is 0.0291. The first-order chi connectivity index (χ1) is 31.7. The molecule has 1 rings (SSSR count). The first-order valence-electron chi connectivity index (χ1n) is 28.0. The topological polar surface area (TPSA) is 172 Å². The van der Waals surface area contributed by atoms with Crippen LogP contribution in [0.1, 0.15) is 258 Å². The van der Waals surface area contributed by atoms with Gasteiger partial charge >= 0.3 is 0 Å². The highest BCUT2D eigenvalue weighted by molar-refractivity contribution is 5.76. The average molecular weight is 929 g/mol. The Labute approximate surface area is 400 Å². The summed E-state index contributed by atoms with van der Waals surface area (Å²) in [5.74, 6) is -0.253. The van der Waals surface area contributed by atoms with Crippen LogP contribution in [0.15, 0.2) is 0 Å². The molecule has 1 fully saturated rings. The van der Waals surface area contributed by atoms with Crippen molar-refractivity contribution >= 4 is 5.91 Å². The molecule has 388 valence electrons. The van der Waals surface area contributed by atoms with Crippen molar-refractivity contribution in [2.24, 2.45) is 0 Å². The van der Waals surface area contributed by atoms with Crippen LogP contribution >= 0.6 is 0 Å². The number of ether oxygens (including phenoxy) is 2. The molecule has 11 heteroatoms. The number of aliphatic hydroxyl groups is 6. The highest BCUT2D eigenvalue weighted by Crippen LogP contribution is 2.23. The minimum Gasteiger partial charge on any atom is -0.394 e. The van der Waals surface area contributed by atoms with Gasteiger partial charge in [-0.15, -0.1) is 0 Å². The standard InChI is InChI=1S/C54H108N2O9/c1-4-7-10-13-16-17-18-19-20-21-24-29-34-39-47(58)50(60)46(45-64-54-53(63)52(62)51(61)48(44-57)65-54)55-49(59)40-35-30-25-22-23-28-33-38-43-56(41-36-31-26-14-11-8-5-2)42-37-32-27-15-12-9-6-3/h46-48,50-54,57-58,60-63H,4-45H2,1-3H3,(H,55,59)/t46-,47+,48+,50-,51-,52-,53+,54-/m0/s1. The summed E-state index contributed by atoms with van der Waals surface area (Å²) in [5.41, 5.74) is 0. The predicted octanol–water partition coefficient (Wildman–Crippen LogP) is 10.8. The van der Waals surface area contributed by atoms with E-state index in [0.29, 0.717) is 6.42 Å². The Morgan fingerprint density at radius 1 is 0.523 bits per heavy atom. The zero-order valence-electron chi connectivity index (χ0n) is 42.7. The Kier molecular flexibility index (Phi) is 42.4. The molecule has 7 N–H and O–H groups in total. The largest absolute Gasteiger partial charge is 0.394 e. The smallest absolute Gasteiger partial charge is 0.220 e. The second-order valence-corrected chi connectivity index (χ2v) is 20.0. The van der Waals surface area contributed by atoms with Crippen LogP contribution < -0.4 is 5.32 Å². The number of carbonyl (C=O) groups is 1. The molecule has 1 heterocycles. The lowest BCUT2D eigenvalue weighted by Gasteiger charge is -2.40. The number of nitrogens with zero attached hydrogens (tertiary/aromatic N) is 1. The van der Waals surface area contributed by atoms with E-state index in [1.165, 1.54) is 193 Å². The molecule has 0 aromatic rings. The molecule has 0 aliphatic carbocycles. The van der Waals surface area contributed by atoms with Gasteiger partial charge in [0.25, 0.3) is 0 Å². The maximum absolute atomic E-state index is 13.2. The van der Waals surface area contributed by atoms with Gasteiger partial charge in [0.15, 0.2) is 6.29 Å². The summed E-state index contributed by atoms with van der Waals surface area (Å²) >= 11 is 0. The van der Waals surface area contributed by atoms with E-state index in [2.05, 4.69) is 31.0 Å². The number of aliphatic hydroxyl groups excluding tert-OH is 6. The van der Waals surface area contributed by atoms with Crippen LogP contribution in [0.2, 0.25) is 0 Å². The van der Waals surface area contributed by atoms with Crippen molar-refractivity contribution in [2.75, 3.05) is 32.8 Å². The number of nitrogens with one attached hydrogen (secondary N) is 1. The molecule has 0 bridgehead atoms. The fraction of sp³-hybridized carbons (Fsp3) is 0.981. The number of hydrogen-bond donors (Lipinski definition) is 7. The minimum atomic E-state index is -1.61. The zero-order valence-corrected chi connectivity index (χ0v) is 42.7. The lowest BCUT2D eigenvalue weighted by Crippen LogP contribution is -2.60. The van der Waals surface area contributed by atoms with Crippen LogP contribution in [0.25, 0.3) is 0 Å². The van der Waals surface area contributed by atoms with Crippen LogP contribution in [-0.2, 0) is 14.3 Å². The van der Waals surface area contributed by atoms with Gasteiger partial charge in [-0.25, -0.2) is 0 Å². The van der Waals surface area contributed by atoms with Crippen molar-refractivity contribution < 1.29 is 44.9 Å². The Morgan fingerprint density at radius 2 is 0.892 bits per heavy atom. The van der Waals surface area contributed by atoms with E-state index in [-0.39, 0.29) is 18.9 Å². The summed E-state index contributed by atoms with van der Waals surface area (Å²) in [6, 6.07) is -0.992. The molecule has 1 amide bonds. The molecule has 1 aliphatic heterocycles. The van der Waals surface area contributed by atoms with E-state index < -0.39 is 55.6 Å². The molecule has 0 radical (unpaired) electrons. The number of amides is 1. The molecule has 1 aliphatic rings. The number of rotatable bonds is 48.